The van der Waals surface area contributed by atoms with Crippen LogP contribution in [0.15, 0.2) is 58.3 Å². The van der Waals surface area contributed by atoms with Crippen molar-refractivity contribution in [3.05, 3.63) is 59.7 Å². The number of terminal acetylenes is 1. The Morgan fingerprint density at radius 3 is 2.43 bits per heavy atom. The SMILES string of the molecule is C#CCN(C(C)C)[C@H]1CC[C@H](NC(=O)CNC(=O)c2cccc(C(F)(F)F)c2)[C@@H](CS(=O)(=O)c2ccc(SC)cc2)C1. The van der Waals surface area contributed by atoms with E-state index < -0.39 is 51.9 Å². The number of nitrogens with one attached hydrogen (secondary N) is 2. The van der Waals surface area contributed by atoms with Crippen LogP contribution >= 0.6 is 11.8 Å². The number of hydrogen-bond acceptors (Lipinski definition) is 6. The molecule has 228 valence electrons. The van der Waals surface area contributed by atoms with Gasteiger partial charge in [0.05, 0.1) is 29.3 Å². The van der Waals surface area contributed by atoms with Crippen molar-refractivity contribution in [2.24, 2.45) is 5.92 Å². The van der Waals surface area contributed by atoms with Gasteiger partial charge in [0.1, 0.15) is 0 Å². The second-order valence-corrected chi connectivity index (χ2v) is 13.5. The average molecular weight is 624 g/mol. The molecule has 3 rings (SSSR count). The molecular formula is C30H36F3N3O4S2. The van der Waals surface area contributed by atoms with E-state index in [1.54, 1.807) is 24.3 Å². The number of rotatable bonds is 11. The molecule has 7 nitrogen and oxygen atoms in total. The summed E-state index contributed by atoms with van der Waals surface area (Å²) >= 11 is 1.50. The fourth-order valence-corrected chi connectivity index (χ4v) is 7.36. The first-order chi connectivity index (χ1) is 19.7. The van der Waals surface area contributed by atoms with Gasteiger partial charge < -0.3 is 10.6 Å². The predicted molar refractivity (Wildman–Crippen MR) is 158 cm³/mol. The third-order valence-corrected chi connectivity index (χ3v) is 10.0. The molecule has 12 heteroatoms. The molecular weight excluding hydrogens is 587 g/mol. The van der Waals surface area contributed by atoms with Gasteiger partial charge in [0.15, 0.2) is 9.84 Å². The molecule has 1 aliphatic carbocycles. The zero-order valence-corrected chi connectivity index (χ0v) is 25.4. The van der Waals surface area contributed by atoms with Crippen LogP contribution in [-0.4, -0.2) is 68.4 Å². The molecule has 2 N–H and O–H groups in total. The normalized spacial score (nSPS) is 19.4. The van der Waals surface area contributed by atoms with Crippen molar-refractivity contribution in [3.63, 3.8) is 0 Å². The van der Waals surface area contributed by atoms with E-state index in [4.69, 9.17) is 6.42 Å². The van der Waals surface area contributed by atoms with Gasteiger partial charge in [-0.15, -0.1) is 18.2 Å². The Balaban J connectivity index is 1.74. The maximum Gasteiger partial charge on any atom is 0.416 e. The van der Waals surface area contributed by atoms with Gasteiger partial charge in [0.25, 0.3) is 5.91 Å². The van der Waals surface area contributed by atoms with E-state index in [2.05, 4.69) is 21.5 Å². The summed E-state index contributed by atoms with van der Waals surface area (Å²) in [6.07, 6.45) is 4.56. The Morgan fingerprint density at radius 1 is 1.14 bits per heavy atom. The Bertz CT molecular complexity index is 1390. The van der Waals surface area contributed by atoms with Crippen molar-refractivity contribution < 1.29 is 31.2 Å². The number of amides is 2. The van der Waals surface area contributed by atoms with Crippen LogP contribution in [0, 0.1) is 18.3 Å². The van der Waals surface area contributed by atoms with Crippen molar-refractivity contribution in [2.45, 2.75) is 67.2 Å². The summed E-state index contributed by atoms with van der Waals surface area (Å²) < 4.78 is 65.9. The average Bonchev–Trinajstić information content (AvgIpc) is 2.95. The predicted octanol–water partition coefficient (Wildman–Crippen LogP) is 4.63. The number of carbonyl (C=O) groups excluding carboxylic acids is 2. The van der Waals surface area contributed by atoms with E-state index in [-0.39, 0.29) is 28.3 Å². The number of thioether (sulfide) groups is 1. The lowest BCUT2D eigenvalue weighted by Gasteiger charge is -2.42. The molecule has 2 aromatic rings. The van der Waals surface area contributed by atoms with E-state index in [0.717, 1.165) is 23.1 Å². The highest BCUT2D eigenvalue weighted by Gasteiger charge is 2.37. The molecule has 1 saturated carbocycles. The molecule has 0 unspecified atom stereocenters. The molecule has 0 heterocycles. The van der Waals surface area contributed by atoms with Crippen molar-refractivity contribution in [1.29, 1.82) is 0 Å². The van der Waals surface area contributed by atoms with Crippen LogP contribution in [0.4, 0.5) is 13.2 Å². The second kappa shape index (κ2) is 14.4. The van der Waals surface area contributed by atoms with Gasteiger partial charge in [-0.3, -0.25) is 14.5 Å². The van der Waals surface area contributed by atoms with Crippen LogP contribution in [0.3, 0.4) is 0 Å². The lowest BCUT2D eigenvalue weighted by Crippen LogP contribution is -2.53. The minimum Gasteiger partial charge on any atom is -0.352 e. The van der Waals surface area contributed by atoms with Gasteiger partial charge in [-0.05, 0) is 87.7 Å². The highest BCUT2D eigenvalue weighted by atomic mass is 32.2. The third kappa shape index (κ3) is 8.99. The minimum atomic E-state index is -4.61. The lowest BCUT2D eigenvalue weighted by molar-refractivity contribution is -0.137. The van der Waals surface area contributed by atoms with E-state index >= 15 is 0 Å². The first-order valence-electron chi connectivity index (χ1n) is 13.6. The van der Waals surface area contributed by atoms with Crippen molar-refractivity contribution in [2.75, 3.05) is 25.1 Å². The quantitative estimate of drug-likeness (QED) is 0.280. The Kier molecular flexibility index (Phi) is 11.5. The van der Waals surface area contributed by atoms with E-state index in [0.29, 0.717) is 25.8 Å². The molecule has 2 aromatic carbocycles. The van der Waals surface area contributed by atoms with Crippen LogP contribution in [-0.2, 0) is 20.8 Å². The number of hydrogen-bond donors (Lipinski definition) is 2. The molecule has 0 spiro atoms. The fraction of sp³-hybridized carbons (Fsp3) is 0.467. The van der Waals surface area contributed by atoms with Gasteiger partial charge in [-0.25, -0.2) is 8.42 Å². The first kappa shape index (κ1) is 33.5. The zero-order chi connectivity index (χ0) is 31.1. The van der Waals surface area contributed by atoms with Crippen LogP contribution in [0.25, 0.3) is 0 Å². The molecule has 3 atom stereocenters. The van der Waals surface area contributed by atoms with Gasteiger partial charge in [-0.2, -0.15) is 13.2 Å². The van der Waals surface area contributed by atoms with Gasteiger partial charge >= 0.3 is 6.18 Å². The number of nitrogens with zero attached hydrogens (tertiary/aromatic N) is 1. The van der Waals surface area contributed by atoms with E-state index in [1.807, 2.05) is 20.1 Å². The lowest BCUT2D eigenvalue weighted by atomic mass is 9.81. The maximum absolute atomic E-state index is 13.4. The van der Waals surface area contributed by atoms with Gasteiger partial charge in [-0.1, -0.05) is 12.0 Å². The van der Waals surface area contributed by atoms with Crippen molar-refractivity contribution in [1.82, 2.24) is 15.5 Å². The molecule has 1 fully saturated rings. The van der Waals surface area contributed by atoms with Crippen LogP contribution in [0.2, 0.25) is 0 Å². The molecule has 0 aromatic heterocycles. The van der Waals surface area contributed by atoms with E-state index in [9.17, 15) is 31.2 Å². The zero-order valence-electron chi connectivity index (χ0n) is 23.8. The summed E-state index contributed by atoms with van der Waals surface area (Å²) in [4.78, 5) is 28.6. The largest absolute Gasteiger partial charge is 0.416 e. The number of halogens is 3. The number of carbonyl (C=O) groups is 2. The van der Waals surface area contributed by atoms with Crippen molar-refractivity contribution in [3.8, 4) is 12.3 Å². The van der Waals surface area contributed by atoms with Crippen LogP contribution < -0.4 is 10.6 Å². The fourth-order valence-electron chi connectivity index (χ4n) is 5.27. The summed E-state index contributed by atoms with van der Waals surface area (Å²) in [6, 6.07) is 10.3. The maximum atomic E-state index is 13.4. The Morgan fingerprint density at radius 2 is 1.83 bits per heavy atom. The third-order valence-electron chi connectivity index (χ3n) is 7.42. The summed E-state index contributed by atoms with van der Waals surface area (Å²) in [5.41, 5.74) is -1.19. The highest BCUT2D eigenvalue weighted by molar-refractivity contribution is 7.98. The smallest absolute Gasteiger partial charge is 0.352 e. The summed E-state index contributed by atoms with van der Waals surface area (Å²) in [5.74, 6) is 0.668. The molecule has 1 aliphatic rings. The first-order valence-corrected chi connectivity index (χ1v) is 16.4. The Hall–Kier alpha value is -3.01. The molecule has 0 aliphatic heterocycles. The minimum absolute atomic E-state index is 0.0221. The summed E-state index contributed by atoms with van der Waals surface area (Å²) in [5, 5.41) is 5.22. The molecule has 0 saturated heterocycles. The topological polar surface area (TPSA) is 95.6 Å². The standard InChI is InChI=1S/C30H36F3N3O4S2/c1-5-15-36(20(2)3)24-9-14-27(22(17-24)19-42(39,40)26-12-10-25(41-4)11-13-26)35-28(37)18-34-29(38)21-7-6-8-23(16-21)30(31,32)33/h1,6-8,10-13,16,20,22,24,27H,9,14-15,17-19H2,2-4H3,(H,34,38)(H,35,37)/t22-,24+,27+/m1/s1. The highest BCUT2D eigenvalue weighted by Crippen LogP contribution is 2.32. The summed E-state index contributed by atoms with van der Waals surface area (Å²) in [6.45, 7) is 3.99. The monoisotopic (exact) mass is 623 g/mol. The number of sulfone groups is 1. The van der Waals surface area contributed by atoms with Gasteiger partial charge in [0, 0.05) is 28.6 Å². The number of benzene rings is 2. The van der Waals surface area contributed by atoms with Gasteiger partial charge in [0.2, 0.25) is 5.91 Å². The van der Waals surface area contributed by atoms with Crippen LogP contribution in [0.1, 0.15) is 49.0 Å². The molecule has 2 amide bonds. The second-order valence-electron chi connectivity index (χ2n) is 10.6. The molecule has 0 bridgehead atoms. The molecule has 0 radical (unpaired) electrons. The Labute approximate surface area is 249 Å². The number of alkyl halides is 3. The van der Waals surface area contributed by atoms with Crippen LogP contribution in [0.5, 0.6) is 0 Å². The summed E-state index contributed by atoms with van der Waals surface area (Å²) in [7, 11) is -3.69. The van der Waals surface area contributed by atoms with E-state index in [1.165, 1.54) is 17.8 Å². The van der Waals surface area contributed by atoms with Crippen molar-refractivity contribution >= 4 is 33.4 Å². The molecule has 42 heavy (non-hydrogen) atoms.